The van der Waals surface area contributed by atoms with E-state index in [9.17, 15) is 9.90 Å². The van der Waals surface area contributed by atoms with Gasteiger partial charge in [-0.25, -0.2) is 0 Å². The number of amides is 1. The number of hydrogen-bond donors (Lipinski definition) is 1. The molecule has 2 aliphatic carbocycles. The number of aromatic nitrogens is 1. The fraction of sp³-hybridized carbons (Fsp3) is 0.571. The highest BCUT2D eigenvalue weighted by Crippen LogP contribution is 2.55. The number of pyridine rings is 1. The number of aliphatic hydroxyl groups is 1. The first kappa shape index (κ1) is 10.5. The van der Waals surface area contributed by atoms with Crippen molar-refractivity contribution in [2.75, 3.05) is 6.54 Å². The van der Waals surface area contributed by atoms with Crippen molar-refractivity contribution in [1.29, 1.82) is 0 Å². The predicted molar refractivity (Wildman–Crippen MR) is 64.8 cm³/mol. The van der Waals surface area contributed by atoms with E-state index in [0.29, 0.717) is 23.3 Å². The molecule has 2 saturated carbocycles. The van der Waals surface area contributed by atoms with Crippen LogP contribution >= 0.6 is 0 Å². The molecule has 1 aromatic heterocycles. The quantitative estimate of drug-likeness (QED) is 0.799. The molecule has 0 unspecified atom stereocenters. The topological polar surface area (TPSA) is 53.4 Å². The molecular weight excluding hydrogens is 228 g/mol. The standard InChI is InChI=1S/C14H16N2O2/c17-13-9-5-10-7-16(12(13)11(10)6-9)14(18)8-1-3-15-4-2-8/h1-4,9-13,17H,5-7H2/t9-,10-,11+,12+,13+/m0/s1. The van der Waals surface area contributed by atoms with Gasteiger partial charge in [0.15, 0.2) is 0 Å². The largest absolute Gasteiger partial charge is 0.391 e. The zero-order valence-corrected chi connectivity index (χ0v) is 10.1. The van der Waals surface area contributed by atoms with Gasteiger partial charge in [-0.05, 0) is 42.7 Å². The van der Waals surface area contributed by atoms with Gasteiger partial charge in [-0.2, -0.15) is 0 Å². The third-order valence-corrected chi connectivity index (χ3v) is 5.04. The molecule has 1 aliphatic heterocycles. The average Bonchev–Trinajstić information content (AvgIpc) is 3.00. The Hall–Kier alpha value is -1.42. The highest BCUT2D eigenvalue weighted by atomic mass is 16.3. The van der Waals surface area contributed by atoms with Gasteiger partial charge >= 0.3 is 0 Å². The van der Waals surface area contributed by atoms with Crippen molar-refractivity contribution in [3.05, 3.63) is 30.1 Å². The first-order valence-electron chi connectivity index (χ1n) is 6.65. The predicted octanol–water partition coefficient (Wildman–Crippen LogP) is 0.923. The number of fused-ring (bicyclic) bond motifs is 1. The molecule has 1 aromatic rings. The van der Waals surface area contributed by atoms with Crippen molar-refractivity contribution in [3.8, 4) is 0 Å². The van der Waals surface area contributed by atoms with Gasteiger partial charge < -0.3 is 10.0 Å². The van der Waals surface area contributed by atoms with Crippen LogP contribution in [0.25, 0.3) is 0 Å². The highest BCUT2D eigenvalue weighted by molar-refractivity contribution is 5.94. The number of likely N-dealkylation sites (tertiary alicyclic amines) is 1. The Labute approximate surface area is 106 Å². The minimum atomic E-state index is -0.306. The van der Waals surface area contributed by atoms with Crippen molar-refractivity contribution in [2.45, 2.75) is 25.0 Å². The van der Waals surface area contributed by atoms with Crippen LogP contribution in [0.1, 0.15) is 23.2 Å². The van der Waals surface area contributed by atoms with Gasteiger partial charge in [0.25, 0.3) is 5.91 Å². The number of carbonyl (C=O) groups is 1. The lowest BCUT2D eigenvalue weighted by Gasteiger charge is -2.28. The van der Waals surface area contributed by atoms with Gasteiger partial charge in [-0.3, -0.25) is 9.78 Å². The molecule has 3 fully saturated rings. The fourth-order valence-electron chi connectivity index (χ4n) is 4.31. The molecular formula is C14H16N2O2. The van der Waals surface area contributed by atoms with Crippen LogP contribution in [0.4, 0.5) is 0 Å². The monoisotopic (exact) mass is 244 g/mol. The smallest absolute Gasteiger partial charge is 0.254 e. The van der Waals surface area contributed by atoms with Crippen LogP contribution in [0.5, 0.6) is 0 Å². The summed E-state index contributed by atoms with van der Waals surface area (Å²) >= 11 is 0. The average molecular weight is 244 g/mol. The number of carbonyl (C=O) groups excluding carboxylic acids is 1. The van der Waals surface area contributed by atoms with Gasteiger partial charge in [-0.1, -0.05) is 0 Å². The Morgan fingerprint density at radius 1 is 1.28 bits per heavy atom. The molecule has 4 heteroatoms. The van der Waals surface area contributed by atoms with E-state index in [1.807, 2.05) is 4.90 Å². The van der Waals surface area contributed by atoms with E-state index < -0.39 is 0 Å². The minimum absolute atomic E-state index is 0.0523. The molecule has 4 nitrogen and oxygen atoms in total. The summed E-state index contributed by atoms with van der Waals surface area (Å²) in [4.78, 5) is 18.3. The van der Waals surface area contributed by atoms with Crippen LogP contribution in [0.15, 0.2) is 24.5 Å². The van der Waals surface area contributed by atoms with E-state index >= 15 is 0 Å². The van der Waals surface area contributed by atoms with Crippen LogP contribution in [0.3, 0.4) is 0 Å². The molecule has 94 valence electrons. The molecule has 0 aromatic carbocycles. The molecule has 18 heavy (non-hydrogen) atoms. The van der Waals surface area contributed by atoms with Crippen LogP contribution in [0.2, 0.25) is 0 Å². The number of aliphatic hydroxyl groups excluding tert-OH is 1. The van der Waals surface area contributed by atoms with Crippen LogP contribution < -0.4 is 0 Å². The van der Waals surface area contributed by atoms with E-state index in [1.54, 1.807) is 24.5 Å². The zero-order valence-electron chi connectivity index (χ0n) is 10.1. The van der Waals surface area contributed by atoms with Crippen molar-refractivity contribution < 1.29 is 9.90 Å². The lowest BCUT2D eigenvalue weighted by molar-refractivity contribution is 0.0402. The van der Waals surface area contributed by atoms with Crippen molar-refractivity contribution in [3.63, 3.8) is 0 Å². The maximum atomic E-state index is 12.5. The van der Waals surface area contributed by atoms with Crippen molar-refractivity contribution in [2.24, 2.45) is 17.8 Å². The summed E-state index contributed by atoms with van der Waals surface area (Å²) in [7, 11) is 0. The van der Waals surface area contributed by atoms with E-state index in [4.69, 9.17) is 0 Å². The molecule has 3 aliphatic rings. The Kier molecular flexibility index (Phi) is 2.07. The lowest BCUT2D eigenvalue weighted by Crippen LogP contribution is -2.43. The van der Waals surface area contributed by atoms with Crippen LogP contribution in [0, 0.1) is 17.8 Å². The van der Waals surface area contributed by atoms with Crippen LogP contribution in [-0.2, 0) is 0 Å². The second kappa shape index (κ2) is 3.54. The van der Waals surface area contributed by atoms with Gasteiger partial charge in [-0.15, -0.1) is 0 Å². The molecule has 2 heterocycles. The fourth-order valence-corrected chi connectivity index (χ4v) is 4.31. The van der Waals surface area contributed by atoms with E-state index in [1.165, 1.54) is 0 Å². The maximum Gasteiger partial charge on any atom is 0.254 e. The second-order valence-electron chi connectivity index (χ2n) is 5.83. The minimum Gasteiger partial charge on any atom is -0.391 e. The Bertz CT molecular complexity index is 488. The van der Waals surface area contributed by atoms with Gasteiger partial charge in [0.1, 0.15) is 0 Å². The molecule has 5 atom stereocenters. The molecule has 4 rings (SSSR count). The summed E-state index contributed by atoms with van der Waals surface area (Å²) < 4.78 is 0. The maximum absolute atomic E-state index is 12.5. The molecule has 0 spiro atoms. The van der Waals surface area contributed by atoms with Gasteiger partial charge in [0.05, 0.1) is 12.1 Å². The first-order valence-corrected chi connectivity index (χ1v) is 6.65. The van der Waals surface area contributed by atoms with Gasteiger partial charge in [0.2, 0.25) is 0 Å². The molecule has 0 radical (unpaired) electrons. The summed E-state index contributed by atoms with van der Waals surface area (Å²) in [6, 6.07) is 3.57. The molecule has 1 N–H and O–H groups in total. The summed E-state index contributed by atoms with van der Waals surface area (Å²) in [6.07, 6.45) is 5.19. The summed E-state index contributed by atoms with van der Waals surface area (Å²) in [6.45, 7) is 0.823. The van der Waals surface area contributed by atoms with Crippen molar-refractivity contribution in [1.82, 2.24) is 9.88 Å². The molecule has 1 saturated heterocycles. The summed E-state index contributed by atoms with van der Waals surface area (Å²) in [5, 5.41) is 10.3. The molecule has 2 bridgehead atoms. The zero-order chi connectivity index (χ0) is 12.3. The van der Waals surface area contributed by atoms with Crippen molar-refractivity contribution >= 4 is 5.91 Å². The summed E-state index contributed by atoms with van der Waals surface area (Å²) in [5.74, 6) is 1.64. The Balaban J connectivity index is 1.65. The Morgan fingerprint density at radius 3 is 2.78 bits per heavy atom. The van der Waals surface area contributed by atoms with Gasteiger partial charge in [0, 0.05) is 24.5 Å². The van der Waals surface area contributed by atoms with E-state index in [0.717, 1.165) is 19.4 Å². The van der Waals surface area contributed by atoms with E-state index in [-0.39, 0.29) is 18.1 Å². The third kappa shape index (κ3) is 1.24. The summed E-state index contributed by atoms with van der Waals surface area (Å²) in [5.41, 5.74) is 0.682. The van der Waals surface area contributed by atoms with Crippen LogP contribution in [-0.4, -0.2) is 39.6 Å². The normalized spacial score (nSPS) is 40.5. The second-order valence-corrected chi connectivity index (χ2v) is 5.83. The SMILES string of the molecule is O=C(c1ccncc1)N1C[C@@H]2C[C@H]3C[C@H]2[C@@H]1[C@@H]3O. The number of hydrogen-bond acceptors (Lipinski definition) is 3. The highest BCUT2D eigenvalue weighted by Gasteiger charge is 2.59. The molecule has 1 amide bonds. The number of nitrogens with zero attached hydrogens (tertiary/aromatic N) is 2. The Morgan fingerprint density at radius 2 is 2.06 bits per heavy atom. The van der Waals surface area contributed by atoms with E-state index in [2.05, 4.69) is 4.98 Å². The lowest BCUT2D eigenvalue weighted by atomic mass is 9.88. The first-order chi connectivity index (χ1) is 8.75. The third-order valence-electron chi connectivity index (χ3n) is 5.04. The number of rotatable bonds is 1.